The number of rotatable bonds is 10. The van der Waals surface area contributed by atoms with Gasteiger partial charge in [0.2, 0.25) is 5.75 Å². The van der Waals surface area contributed by atoms with Crippen LogP contribution in [-0.2, 0) is 14.3 Å². The van der Waals surface area contributed by atoms with E-state index in [1.807, 2.05) is 45.0 Å². The van der Waals surface area contributed by atoms with Crippen LogP contribution in [0.25, 0.3) is 0 Å². The summed E-state index contributed by atoms with van der Waals surface area (Å²) in [5.74, 6) is -1.93. The molecule has 3 atom stereocenters. The minimum Gasteiger partial charge on any atom is -0.493 e. The molecule has 32 heavy (non-hydrogen) atoms. The number of hydrogen-bond acceptors (Lipinski definition) is 7. The number of nitrogens with zero attached hydrogens (tertiary/aromatic N) is 1. The van der Waals surface area contributed by atoms with Gasteiger partial charge in [-0.05, 0) is 25.0 Å². The zero-order valence-corrected chi connectivity index (χ0v) is 19.5. The van der Waals surface area contributed by atoms with Gasteiger partial charge in [0, 0.05) is 31.0 Å². The summed E-state index contributed by atoms with van der Waals surface area (Å²) in [5, 5.41) is 0. The number of ether oxygens (including phenoxy) is 3. The van der Waals surface area contributed by atoms with Gasteiger partial charge in [-0.15, -0.1) is 0 Å². The van der Waals surface area contributed by atoms with Crippen molar-refractivity contribution in [2.75, 3.05) is 7.11 Å². The zero-order chi connectivity index (χ0) is 23.8. The smallest absolute Gasteiger partial charge is 0.311 e. The van der Waals surface area contributed by atoms with E-state index in [2.05, 4.69) is 4.98 Å². The second kappa shape index (κ2) is 11.4. The van der Waals surface area contributed by atoms with Crippen LogP contribution < -0.4 is 9.47 Å². The van der Waals surface area contributed by atoms with E-state index in [1.165, 1.54) is 19.4 Å². The van der Waals surface area contributed by atoms with Crippen LogP contribution in [0.5, 0.6) is 11.5 Å². The van der Waals surface area contributed by atoms with E-state index in [0.29, 0.717) is 0 Å². The van der Waals surface area contributed by atoms with Crippen LogP contribution in [0.2, 0.25) is 0 Å². The number of pyridine rings is 1. The second-order valence-electron chi connectivity index (χ2n) is 7.83. The molecule has 1 heterocycles. The van der Waals surface area contributed by atoms with Crippen molar-refractivity contribution in [3.63, 3.8) is 0 Å². The molecule has 7 heteroatoms. The number of aryl methyl sites for hydroxylation is 1. The molecule has 0 bridgehead atoms. The maximum absolute atomic E-state index is 12.9. The van der Waals surface area contributed by atoms with E-state index < -0.39 is 23.6 Å². The third kappa shape index (κ3) is 6.15. The van der Waals surface area contributed by atoms with E-state index in [1.54, 1.807) is 13.8 Å². The molecule has 0 saturated heterocycles. The molecule has 0 spiro atoms. The zero-order valence-electron chi connectivity index (χ0n) is 19.5. The summed E-state index contributed by atoms with van der Waals surface area (Å²) in [7, 11) is 1.41. The monoisotopic (exact) mass is 441 g/mol. The molecule has 0 aliphatic carbocycles. The largest absolute Gasteiger partial charge is 0.493 e. The van der Waals surface area contributed by atoms with Crippen molar-refractivity contribution in [3.05, 3.63) is 53.3 Å². The van der Waals surface area contributed by atoms with Gasteiger partial charge in [-0.25, -0.2) is 4.98 Å². The van der Waals surface area contributed by atoms with Crippen LogP contribution in [0, 0.1) is 12.8 Å². The number of benzene rings is 1. The third-order valence-electron chi connectivity index (χ3n) is 5.44. The number of methoxy groups -OCH3 is 1. The van der Waals surface area contributed by atoms with E-state index in [0.717, 1.165) is 11.1 Å². The standard InChI is InChI=1S/C25H31NO6/c1-7-22(28)32-24-21(30-6)12-13-26-23(24)20(27)14-16(3)25(29)31-18(5)17(4)19-11-9-8-10-15(19)2/h8-13,16-18H,7,14H2,1-6H3/t16-,17-,18+/m1/s1. The molecule has 0 fully saturated rings. The molecule has 0 unspecified atom stereocenters. The lowest BCUT2D eigenvalue weighted by molar-refractivity contribution is -0.153. The van der Waals surface area contributed by atoms with Crippen molar-refractivity contribution in [1.29, 1.82) is 0 Å². The highest BCUT2D eigenvalue weighted by atomic mass is 16.6. The molecule has 0 aliphatic heterocycles. The molecule has 2 rings (SSSR count). The summed E-state index contributed by atoms with van der Waals surface area (Å²) >= 11 is 0. The Kier molecular flexibility index (Phi) is 8.93. The van der Waals surface area contributed by atoms with Crippen molar-refractivity contribution in [2.24, 2.45) is 5.92 Å². The fourth-order valence-corrected chi connectivity index (χ4v) is 3.28. The minimum absolute atomic E-state index is 0.00293. The number of ketones is 1. The van der Waals surface area contributed by atoms with Gasteiger partial charge in [-0.3, -0.25) is 14.4 Å². The number of carbonyl (C=O) groups excluding carboxylic acids is 3. The Balaban J connectivity index is 2.09. The van der Waals surface area contributed by atoms with Gasteiger partial charge in [-0.2, -0.15) is 0 Å². The maximum Gasteiger partial charge on any atom is 0.311 e. The van der Waals surface area contributed by atoms with E-state index in [-0.39, 0.29) is 42.1 Å². The molecule has 0 radical (unpaired) electrons. The normalized spacial score (nSPS) is 13.6. The first-order valence-electron chi connectivity index (χ1n) is 10.7. The molecule has 0 saturated carbocycles. The van der Waals surface area contributed by atoms with E-state index in [9.17, 15) is 14.4 Å². The highest BCUT2D eigenvalue weighted by Crippen LogP contribution is 2.31. The van der Waals surface area contributed by atoms with Gasteiger partial charge in [0.1, 0.15) is 6.10 Å². The van der Waals surface area contributed by atoms with E-state index >= 15 is 0 Å². The Hall–Kier alpha value is -3.22. The predicted octanol–water partition coefficient (Wildman–Crippen LogP) is 4.66. The number of hydrogen-bond donors (Lipinski definition) is 0. The molecule has 0 N–H and O–H groups in total. The van der Waals surface area contributed by atoms with Gasteiger partial charge in [-0.1, -0.05) is 45.0 Å². The van der Waals surface area contributed by atoms with Crippen molar-refractivity contribution < 1.29 is 28.6 Å². The number of carbonyl (C=O) groups is 3. The first-order valence-corrected chi connectivity index (χ1v) is 10.7. The van der Waals surface area contributed by atoms with Gasteiger partial charge in [0.05, 0.1) is 13.0 Å². The van der Waals surface area contributed by atoms with Crippen molar-refractivity contribution in [1.82, 2.24) is 4.98 Å². The molecule has 7 nitrogen and oxygen atoms in total. The maximum atomic E-state index is 12.9. The lowest BCUT2D eigenvalue weighted by Gasteiger charge is -2.23. The van der Waals surface area contributed by atoms with Crippen LogP contribution in [0.1, 0.15) is 68.1 Å². The first-order chi connectivity index (χ1) is 15.2. The summed E-state index contributed by atoms with van der Waals surface area (Å²) in [5.41, 5.74) is 2.19. The summed E-state index contributed by atoms with van der Waals surface area (Å²) in [4.78, 5) is 41.4. The summed E-state index contributed by atoms with van der Waals surface area (Å²) < 4.78 is 16.1. The molecular formula is C25H31NO6. The Bertz CT molecular complexity index is 971. The Morgan fingerprint density at radius 1 is 1.06 bits per heavy atom. The van der Waals surface area contributed by atoms with Crippen molar-refractivity contribution >= 4 is 17.7 Å². The van der Waals surface area contributed by atoms with Crippen molar-refractivity contribution in [2.45, 2.75) is 59.5 Å². The Morgan fingerprint density at radius 2 is 1.75 bits per heavy atom. The highest BCUT2D eigenvalue weighted by molar-refractivity contribution is 6.00. The molecule has 2 aromatic rings. The number of Topliss-reactive ketones (excluding diaryl/α,β-unsaturated/α-hetero) is 1. The molecule has 1 aromatic carbocycles. The molecule has 0 amide bonds. The number of aromatic nitrogens is 1. The quantitative estimate of drug-likeness (QED) is 0.391. The summed E-state index contributed by atoms with van der Waals surface area (Å²) in [6.07, 6.45) is 1.02. The topological polar surface area (TPSA) is 91.8 Å². The van der Waals surface area contributed by atoms with Gasteiger partial charge < -0.3 is 14.2 Å². The fourth-order valence-electron chi connectivity index (χ4n) is 3.28. The summed E-state index contributed by atoms with van der Waals surface area (Å²) in [6, 6.07) is 9.46. The first kappa shape index (κ1) is 25.0. The highest BCUT2D eigenvalue weighted by Gasteiger charge is 2.28. The average Bonchev–Trinajstić information content (AvgIpc) is 2.78. The van der Waals surface area contributed by atoms with Crippen LogP contribution in [-0.4, -0.2) is 35.9 Å². The predicted molar refractivity (Wildman–Crippen MR) is 120 cm³/mol. The van der Waals surface area contributed by atoms with Crippen LogP contribution in [0.3, 0.4) is 0 Å². The third-order valence-corrected chi connectivity index (χ3v) is 5.44. The molecule has 172 valence electrons. The minimum atomic E-state index is -0.697. The molecule has 1 aromatic heterocycles. The van der Waals surface area contributed by atoms with Crippen molar-refractivity contribution in [3.8, 4) is 11.5 Å². The number of esters is 2. The fraction of sp³-hybridized carbons (Fsp3) is 0.440. The van der Waals surface area contributed by atoms with Crippen LogP contribution in [0.4, 0.5) is 0 Å². The molecular weight excluding hydrogens is 410 g/mol. The Labute approximate surface area is 189 Å². The lowest BCUT2D eigenvalue weighted by atomic mass is 9.92. The average molecular weight is 442 g/mol. The SMILES string of the molecule is CCC(=O)Oc1c(OC)ccnc1C(=O)C[C@@H](C)C(=O)O[C@@H](C)[C@@H](C)c1ccccc1C. The van der Waals surface area contributed by atoms with Gasteiger partial charge in [0.25, 0.3) is 0 Å². The van der Waals surface area contributed by atoms with E-state index in [4.69, 9.17) is 14.2 Å². The lowest BCUT2D eigenvalue weighted by Crippen LogP contribution is -2.26. The summed E-state index contributed by atoms with van der Waals surface area (Å²) in [6.45, 7) is 9.14. The second-order valence-corrected chi connectivity index (χ2v) is 7.83. The van der Waals surface area contributed by atoms with Crippen LogP contribution in [0.15, 0.2) is 36.5 Å². The van der Waals surface area contributed by atoms with Gasteiger partial charge in [0.15, 0.2) is 17.2 Å². The van der Waals surface area contributed by atoms with Gasteiger partial charge >= 0.3 is 11.9 Å². The molecule has 0 aliphatic rings. The Morgan fingerprint density at radius 3 is 2.38 bits per heavy atom. The van der Waals surface area contributed by atoms with Crippen LogP contribution >= 0.6 is 0 Å².